The molecule has 0 saturated carbocycles. The van der Waals surface area contributed by atoms with Crippen molar-refractivity contribution in [3.05, 3.63) is 61.9 Å². The molecule has 0 saturated heterocycles. The lowest BCUT2D eigenvalue weighted by molar-refractivity contribution is -0.385. The second-order valence-electron chi connectivity index (χ2n) is 7.07. The minimum atomic E-state index is -1.15. The number of rotatable bonds is 4. The molecule has 2 heterocycles. The van der Waals surface area contributed by atoms with E-state index >= 15 is 0 Å². The lowest BCUT2D eigenvalue weighted by Gasteiger charge is -2.43. The maximum absolute atomic E-state index is 11.3. The summed E-state index contributed by atoms with van der Waals surface area (Å²) in [5.74, 6) is 0.392. The van der Waals surface area contributed by atoms with Crippen molar-refractivity contribution >= 4 is 40.6 Å². The molecule has 152 valence electrons. The van der Waals surface area contributed by atoms with Crippen molar-refractivity contribution in [2.24, 2.45) is 0 Å². The number of non-ortho nitro benzene ring substituents is 1. The van der Waals surface area contributed by atoms with Crippen LogP contribution in [0, 0.1) is 15.0 Å². The summed E-state index contributed by atoms with van der Waals surface area (Å²) in [5.41, 5.74) is 0.208. The number of aromatic nitrogens is 1. The topological polar surface area (TPSA) is 99.9 Å². The molecule has 0 radical (unpaired) electrons. The number of nitrogens with zero attached hydrogens (tertiary/aromatic N) is 2. The molecule has 3 aromatic rings. The second-order valence-corrected chi connectivity index (χ2v) is 7.85. The molecule has 2 aromatic carbocycles. The third-order valence-corrected chi connectivity index (χ3v) is 5.59. The summed E-state index contributed by atoms with van der Waals surface area (Å²) in [6.45, 7) is 1.79. The predicted molar refractivity (Wildman–Crippen MR) is 108 cm³/mol. The number of oxazole rings is 1. The molecule has 4 rings (SSSR count). The van der Waals surface area contributed by atoms with E-state index in [9.17, 15) is 15.2 Å². The molecule has 0 amide bonds. The van der Waals surface area contributed by atoms with Crippen molar-refractivity contribution in [1.82, 2.24) is 4.57 Å². The van der Waals surface area contributed by atoms with Crippen LogP contribution in [0.4, 0.5) is 5.69 Å². The van der Waals surface area contributed by atoms with Crippen molar-refractivity contribution in [2.75, 3.05) is 13.7 Å². The van der Waals surface area contributed by atoms with Crippen LogP contribution in [-0.2, 0) is 4.74 Å². The quantitative estimate of drug-likeness (QED) is 0.370. The molecule has 1 N–H and O–H groups in total. The first-order valence-corrected chi connectivity index (χ1v) is 9.49. The van der Waals surface area contributed by atoms with Gasteiger partial charge in [-0.25, -0.2) is 0 Å². The van der Waals surface area contributed by atoms with Crippen LogP contribution in [0.5, 0.6) is 5.75 Å². The van der Waals surface area contributed by atoms with Crippen molar-refractivity contribution < 1.29 is 23.9 Å². The van der Waals surface area contributed by atoms with Gasteiger partial charge in [0.1, 0.15) is 11.9 Å². The number of fused-ring (bicyclic) bond motifs is 2. The number of hydrogen-bond acceptors (Lipinski definition) is 7. The number of aliphatic hydroxyl groups excluding tert-OH is 1. The van der Waals surface area contributed by atoms with Gasteiger partial charge < -0.3 is 19.0 Å². The van der Waals surface area contributed by atoms with Crippen molar-refractivity contribution in [3.8, 4) is 5.75 Å². The monoisotopic (exact) mass is 436 g/mol. The van der Waals surface area contributed by atoms with Gasteiger partial charge in [0, 0.05) is 29.8 Å². The number of nitro benzene ring substituents is 1. The highest BCUT2D eigenvalue weighted by Crippen LogP contribution is 2.45. The van der Waals surface area contributed by atoms with Gasteiger partial charge in [-0.15, -0.1) is 0 Å². The Morgan fingerprint density at radius 1 is 1.38 bits per heavy atom. The van der Waals surface area contributed by atoms with E-state index in [1.165, 1.54) is 25.3 Å². The summed E-state index contributed by atoms with van der Waals surface area (Å²) in [5, 5.41) is 23.1. The zero-order valence-electron chi connectivity index (χ0n) is 15.5. The first kappa shape index (κ1) is 19.8. The van der Waals surface area contributed by atoms with Crippen LogP contribution >= 0.6 is 23.8 Å². The largest absolute Gasteiger partial charge is 0.482 e. The van der Waals surface area contributed by atoms with Crippen molar-refractivity contribution in [3.63, 3.8) is 0 Å². The van der Waals surface area contributed by atoms with E-state index < -0.39 is 22.7 Å². The van der Waals surface area contributed by atoms with Gasteiger partial charge in [-0.2, -0.15) is 0 Å². The molecular weight excluding hydrogens is 420 g/mol. The highest BCUT2D eigenvalue weighted by molar-refractivity contribution is 7.71. The molecule has 10 heteroatoms. The third-order valence-electron chi connectivity index (χ3n) is 5.07. The first-order chi connectivity index (χ1) is 13.7. The molecule has 8 nitrogen and oxygen atoms in total. The average Bonchev–Trinajstić information content (AvgIpc) is 2.98. The lowest BCUT2D eigenvalue weighted by atomic mass is 9.85. The summed E-state index contributed by atoms with van der Waals surface area (Å²) in [6, 6.07) is 8.44. The maximum Gasteiger partial charge on any atom is 0.270 e. The standard InChI is InChI=1S/C19H17ClN2O6S/c1-19(9-26-2)17(23)16(12-8-11(22(24)25)4-6-14(12)28-19)21-13-7-10(20)3-5-15(13)27-18(21)29/h3-8,16-17,23H,9H2,1-2H3/t16-,17+,19+/m0/s1. The normalized spacial score (nSPS) is 23.6. The van der Waals surface area contributed by atoms with Crippen LogP contribution in [0.3, 0.4) is 0 Å². The maximum atomic E-state index is 11.3. The highest BCUT2D eigenvalue weighted by atomic mass is 35.5. The third kappa shape index (κ3) is 3.20. The smallest absolute Gasteiger partial charge is 0.270 e. The highest BCUT2D eigenvalue weighted by Gasteiger charge is 2.48. The summed E-state index contributed by atoms with van der Waals surface area (Å²) in [4.78, 5) is 10.9. The fourth-order valence-electron chi connectivity index (χ4n) is 3.74. The van der Waals surface area contributed by atoms with Crippen LogP contribution in [0.2, 0.25) is 5.02 Å². The number of ether oxygens (including phenoxy) is 2. The SMILES string of the molecule is COC[C@@]1(C)Oc2ccc([N+](=O)[O-])cc2[C@H](n2c(=S)oc3ccc(Cl)cc32)[C@H]1O. The molecular formula is C19H17ClN2O6S. The van der Waals surface area contributed by atoms with Crippen LogP contribution in [0.1, 0.15) is 18.5 Å². The summed E-state index contributed by atoms with van der Waals surface area (Å²) in [6.07, 6.45) is -1.15. The number of nitro groups is 1. The Morgan fingerprint density at radius 2 is 2.14 bits per heavy atom. The minimum Gasteiger partial charge on any atom is -0.482 e. The van der Waals surface area contributed by atoms with E-state index in [-0.39, 0.29) is 17.1 Å². The fraction of sp³-hybridized carbons (Fsp3) is 0.316. The molecule has 1 aliphatic heterocycles. The zero-order valence-corrected chi connectivity index (χ0v) is 17.1. The Kier molecular flexibility index (Phi) is 4.86. The molecule has 0 unspecified atom stereocenters. The van der Waals surface area contributed by atoms with Crippen LogP contribution in [0.15, 0.2) is 40.8 Å². The van der Waals surface area contributed by atoms with Gasteiger partial charge in [-0.3, -0.25) is 14.7 Å². The number of benzene rings is 2. The van der Waals surface area contributed by atoms with Gasteiger partial charge in [0.25, 0.3) is 10.5 Å². The molecule has 1 aromatic heterocycles. The molecule has 3 atom stereocenters. The van der Waals surface area contributed by atoms with Gasteiger partial charge in [0.05, 0.1) is 23.1 Å². The Hall–Kier alpha value is -2.46. The molecule has 0 spiro atoms. The van der Waals surface area contributed by atoms with E-state index in [0.717, 1.165) is 0 Å². The Bertz CT molecular complexity index is 1180. The summed E-state index contributed by atoms with van der Waals surface area (Å²) >= 11 is 11.6. The van der Waals surface area contributed by atoms with Gasteiger partial charge in [0.15, 0.2) is 11.2 Å². The van der Waals surface area contributed by atoms with Crippen molar-refractivity contribution in [2.45, 2.75) is 24.7 Å². The Morgan fingerprint density at radius 3 is 2.83 bits per heavy atom. The predicted octanol–water partition coefficient (Wildman–Crippen LogP) is 4.27. The van der Waals surface area contributed by atoms with Gasteiger partial charge in [-0.05, 0) is 43.4 Å². The number of halogens is 1. The fourth-order valence-corrected chi connectivity index (χ4v) is 4.21. The number of hydrogen-bond donors (Lipinski definition) is 1. The lowest BCUT2D eigenvalue weighted by Crippen LogP contribution is -2.55. The second kappa shape index (κ2) is 7.10. The van der Waals surface area contributed by atoms with E-state index in [1.807, 2.05) is 0 Å². The molecule has 29 heavy (non-hydrogen) atoms. The van der Waals surface area contributed by atoms with E-state index in [0.29, 0.717) is 27.4 Å². The number of methoxy groups -OCH3 is 1. The first-order valence-electron chi connectivity index (χ1n) is 8.70. The molecule has 0 fully saturated rings. The average molecular weight is 437 g/mol. The van der Waals surface area contributed by atoms with Gasteiger partial charge >= 0.3 is 0 Å². The molecule has 0 aliphatic carbocycles. The molecule has 1 aliphatic rings. The molecule has 0 bridgehead atoms. The Labute approximate surface area is 175 Å². The minimum absolute atomic E-state index is 0.0883. The van der Waals surface area contributed by atoms with Crippen molar-refractivity contribution in [1.29, 1.82) is 0 Å². The zero-order chi connectivity index (χ0) is 20.9. The van der Waals surface area contributed by atoms with Gasteiger partial charge in [-0.1, -0.05) is 11.6 Å². The van der Waals surface area contributed by atoms with Crippen LogP contribution < -0.4 is 4.74 Å². The Balaban J connectivity index is 2.02. The van der Waals surface area contributed by atoms with E-state index in [4.69, 9.17) is 37.7 Å². The summed E-state index contributed by atoms with van der Waals surface area (Å²) < 4.78 is 18.6. The van der Waals surface area contributed by atoms with E-state index in [1.54, 1.807) is 29.7 Å². The van der Waals surface area contributed by atoms with Gasteiger partial charge in [0.2, 0.25) is 0 Å². The number of aliphatic hydroxyl groups is 1. The van der Waals surface area contributed by atoms with Crippen LogP contribution in [-0.4, -0.2) is 40.0 Å². The van der Waals surface area contributed by atoms with Crippen LogP contribution in [0.25, 0.3) is 11.1 Å². The summed E-state index contributed by atoms with van der Waals surface area (Å²) in [7, 11) is 1.50. The van der Waals surface area contributed by atoms with E-state index in [2.05, 4.69) is 0 Å².